The maximum atomic E-state index is 13.4. The number of carbonyl (C=O) groups excluding carboxylic acids is 2. The Kier molecular flexibility index (Phi) is 5.62. The van der Waals surface area contributed by atoms with Gasteiger partial charge in [0.05, 0.1) is 23.7 Å². The van der Waals surface area contributed by atoms with Crippen molar-refractivity contribution in [2.75, 3.05) is 7.11 Å². The van der Waals surface area contributed by atoms with Crippen molar-refractivity contribution in [2.24, 2.45) is 0 Å². The van der Waals surface area contributed by atoms with E-state index >= 15 is 0 Å². The minimum Gasteiger partial charge on any atom is -0.507 e. The van der Waals surface area contributed by atoms with Crippen LogP contribution in [0, 0.1) is 0 Å². The Balaban J connectivity index is 1.72. The van der Waals surface area contributed by atoms with Crippen molar-refractivity contribution in [2.45, 2.75) is 44.2 Å². The molecule has 2 fully saturated rings. The van der Waals surface area contributed by atoms with Gasteiger partial charge >= 0.3 is 0 Å². The molecule has 1 aliphatic heterocycles. The number of aromatic nitrogens is 1. The number of ketones is 1. The Hall–Kier alpha value is -3.25. The standard InChI is InChI=1S/C26H25ClN2O4/c1-33-21-13-15(11-12-19(21)27)24(30)22-23(18-14-28-20-10-6-5-9-17(18)20)29(26(32)25(22)31)16-7-3-2-4-8-16/h5-6,9-14,16,23,28,30H,2-4,7-8H2,1H3/b24-22+. The van der Waals surface area contributed by atoms with Crippen molar-refractivity contribution in [3.05, 3.63) is 70.4 Å². The van der Waals surface area contributed by atoms with E-state index in [4.69, 9.17) is 16.3 Å². The highest BCUT2D eigenvalue weighted by Gasteiger charge is 2.49. The molecular formula is C26H25ClN2O4. The van der Waals surface area contributed by atoms with Crippen LogP contribution >= 0.6 is 11.6 Å². The zero-order chi connectivity index (χ0) is 23.1. The highest BCUT2D eigenvalue weighted by molar-refractivity contribution is 6.46. The number of ether oxygens (including phenoxy) is 1. The molecule has 1 amide bonds. The van der Waals surface area contributed by atoms with E-state index in [-0.39, 0.29) is 17.4 Å². The molecule has 2 heterocycles. The van der Waals surface area contributed by atoms with Crippen LogP contribution in [0.25, 0.3) is 16.7 Å². The predicted molar refractivity (Wildman–Crippen MR) is 127 cm³/mol. The normalized spacial score (nSPS) is 21.2. The fourth-order valence-corrected chi connectivity index (χ4v) is 5.37. The van der Waals surface area contributed by atoms with E-state index in [0.29, 0.717) is 16.3 Å². The Morgan fingerprint density at radius 3 is 2.64 bits per heavy atom. The lowest BCUT2D eigenvalue weighted by Crippen LogP contribution is -2.40. The van der Waals surface area contributed by atoms with Gasteiger partial charge in [0, 0.05) is 34.3 Å². The number of nitrogens with zero attached hydrogens (tertiary/aromatic N) is 1. The number of H-pyrrole nitrogens is 1. The van der Waals surface area contributed by atoms with Gasteiger partial charge in [0.2, 0.25) is 0 Å². The largest absolute Gasteiger partial charge is 0.507 e. The first-order chi connectivity index (χ1) is 16.0. The summed E-state index contributed by atoms with van der Waals surface area (Å²) in [5.74, 6) is -1.07. The highest BCUT2D eigenvalue weighted by atomic mass is 35.5. The summed E-state index contributed by atoms with van der Waals surface area (Å²) >= 11 is 6.16. The number of halogens is 1. The van der Waals surface area contributed by atoms with Gasteiger partial charge in [-0.3, -0.25) is 9.59 Å². The molecule has 0 bridgehead atoms. The lowest BCUT2D eigenvalue weighted by Gasteiger charge is -2.35. The first-order valence-corrected chi connectivity index (χ1v) is 11.6. The Morgan fingerprint density at radius 2 is 1.88 bits per heavy atom. The van der Waals surface area contributed by atoms with Gasteiger partial charge in [-0.15, -0.1) is 0 Å². The van der Waals surface area contributed by atoms with Crippen molar-refractivity contribution in [1.82, 2.24) is 9.88 Å². The number of aliphatic hydroxyl groups excluding tert-OH is 1. The zero-order valence-electron chi connectivity index (χ0n) is 18.3. The lowest BCUT2D eigenvalue weighted by molar-refractivity contribution is -0.141. The average Bonchev–Trinajstić information content (AvgIpc) is 3.38. The molecule has 0 radical (unpaired) electrons. The van der Waals surface area contributed by atoms with E-state index in [1.165, 1.54) is 7.11 Å². The fourth-order valence-electron chi connectivity index (χ4n) is 5.17. The van der Waals surface area contributed by atoms with E-state index in [1.54, 1.807) is 23.1 Å². The highest BCUT2D eigenvalue weighted by Crippen LogP contribution is 2.45. The van der Waals surface area contributed by atoms with Crippen LogP contribution in [0.15, 0.2) is 54.2 Å². The van der Waals surface area contributed by atoms with E-state index in [0.717, 1.165) is 48.6 Å². The number of methoxy groups -OCH3 is 1. The van der Waals surface area contributed by atoms with Crippen molar-refractivity contribution in [1.29, 1.82) is 0 Å². The minimum atomic E-state index is -0.675. The molecule has 3 aromatic rings. The van der Waals surface area contributed by atoms with Crippen LogP contribution in [0.3, 0.4) is 0 Å². The second kappa shape index (κ2) is 8.60. The van der Waals surface area contributed by atoms with Crippen LogP contribution in [0.1, 0.15) is 49.3 Å². The van der Waals surface area contributed by atoms with Gasteiger partial charge in [-0.2, -0.15) is 0 Å². The molecule has 170 valence electrons. The summed E-state index contributed by atoms with van der Waals surface area (Å²) in [6.07, 6.45) is 6.70. The van der Waals surface area contributed by atoms with Crippen molar-refractivity contribution >= 4 is 40.0 Å². The third kappa shape index (κ3) is 3.59. The maximum absolute atomic E-state index is 13.4. The first kappa shape index (κ1) is 21.6. The predicted octanol–water partition coefficient (Wildman–Crippen LogP) is 5.58. The quantitative estimate of drug-likeness (QED) is 0.300. The number of aromatic amines is 1. The van der Waals surface area contributed by atoms with Crippen molar-refractivity contribution in [3.63, 3.8) is 0 Å². The molecule has 0 spiro atoms. The second-order valence-electron chi connectivity index (χ2n) is 8.64. The zero-order valence-corrected chi connectivity index (χ0v) is 19.1. The summed E-state index contributed by atoms with van der Waals surface area (Å²) in [7, 11) is 1.49. The summed E-state index contributed by atoms with van der Waals surface area (Å²) in [6, 6.07) is 11.9. The number of rotatable bonds is 4. The molecule has 1 aliphatic carbocycles. The number of fused-ring (bicyclic) bond motifs is 1. The first-order valence-electron chi connectivity index (χ1n) is 11.2. The van der Waals surface area contributed by atoms with E-state index < -0.39 is 17.7 Å². The van der Waals surface area contributed by atoms with Crippen molar-refractivity contribution < 1.29 is 19.4 Å². The van der Waals surface area contributed by atoms with E-state index in [2.05, 4.69) is 4.98 Å². The summed E-state index contributed by atoms with van der Waals surface area (Å²) < 4.78 is 5.29. The number of hydrogen-bond donors (Lipinski definition) is 2. The third-order valence-electron chi connectivity index (χ3n) is 6.79. The molecule has 33 heavy (non-hydrogen) atoms. The van der Waals surface area contributed by atoms with Gasteiger partial charge in [0.15, 0.2) is 0 Å². The van der Waals surface area contributed by atoms with Gasteiger partial charge in [-0.1, -0.05) is 49.1 Å². The molecule has 1 aromatic heterocycles. The van der Waals surface area contributed by atoms with Crippen LogP contribution in [0.5, 0.6) is 5.75 Å². The van der Waals surface area contributed by atoms with E-state index in [9.17, 15) is 14.7 Å². The van der Waals surface area contributed by atoms with Crippen LogP contribution < -0.4 is 4.74 Å². The maximum Gasteiger partial charge on any atom is 0.295 e. The molecule has 6 nitrogen and oxygen atoms in total. The molecule has 1 saturated carbocycles. The smallest absolute Gasteiger partial charge is 0.295 e. The number of nitrogens with one attached hydrogen (secondary N) is 1. The van der Waals surface area contributed by atoms with Crippen LogP contribution in [0.2, 0.25) is 5.02 Å². The number of hydrogen-bond acceptors (Lipinski definition) is 4. The molecule has 2 N–H and O–H groups in total. The number of aliphatic hydroxyl groups is 1. The van der Waals surface area contributed by atoms with E-state index in [1.807, 2.05) is 30.5 Å². The number of Topliss-reactive ketones (excluding diaryl/α,β-unsaturated/α-hetero) is 1. The second-order valence-corrected chi connectivity index (χ2v) is 9.04. The van der Waals surface area contributed by atoms with Gasteiger partial charge in [0.25, 0.3) is 11.7 Å². The lowest BCUT2D eigenvalue weighted by atomic mass is 9.90. The van der Waals surface area contributed by atoms with Crippen LogP contribution in [0.4, 0.5) is 0 Å². The van der Waals surface area contributed by atoms with Crippen molar-refractivity contribution in [3.8, 4) is 5.75 Å². The Bertz CT molecular complexity index is 1270. The molecule has 7 heteroatoms. The molecule has 1 saturated heterocycles. The fraction of sp³-hybridized carbons (Fsp3) is 0.308. The number of benzene rings is 2. The summed E-state index contributed by atoms with van der Waals surface area (Å²) in [4.78, 5) is 31.7. The molecular weight excluding hydrogens is 440 g/mol. The SMILES string of the molecule is COc1cc(/C(O)=C2\C(=O)C(=O)N(C3CCCCC3)C2c2c[nH]c3ccccc23)ccc1Cl. The topological polar surface area (TPSA) is 82.6 Å². The van der Waals surface area contributed by atoms with Gasteiger partial charge in [-0.05, 0) is 37.1 Å². The monoisotopic (exact) mass is 464 g/mol. The molecule has 5 rings (SSSR count). The molecule has 1 atom stereocenters. The van der Waals surface area contributed by atoms with Gasteiger partial charge in [-0.25, -0.2) is 0 Å². The number of carbonyl (C=O) groups is 2. The van der Waals surface area contributed by atoms with Gasteiger partial charge < -0.3 is 19.7 Å². The van der Waals surface area contributed by atoms with Crippen LogP contribution in [-0.4, -0.2) is 39.8 Å². The summed E-state index contributed by atoms with van der Waals surface area (Å²) in [5, 5.41) is 12.7. The number of amides is 1. The molecule has 2 aromatic carbocycles. The summed E-state index contributed by atoms with van der Waals surface area (Å²) in [5.41, 5.74) is 2.19. The number of likely N-dealkylation sites (tertiary alicyclic amines) is 1. The Labute approximate surface area is 196 Å². The Morgan fingerprint density at radius 1 is 1.12 bits per heavy atom. The number of para-hydroxylation sites is 1. The molecule has 2 aliphatic rings. The van der Waals surface area contributed by atoms with Gasteiger partial charge in [0.1, 0.15) is 11.5 Å². The summed E-state index contributed by atoms with van der Waals surface area (Å²) in [6.45, 7) is 0. The van der Waals surface area contributed by atoms with Crippen LogP contribution in [-0.2, 0) is 9.59 Å². The minimum absolute atomic E-state index is 0.0427. The third-order valence-corrected chi connectivity index (χ3v) is 7.10. The average molecular weight is 465 g/mol. The molecule has 1 unspecified atom stereocenters.